The van der Waals surface area contributed by atoms with Crippen LogP contribution in [0.25, 0.3) is 0 Å². The average molecular weight is 447 g/mol. The number of anilines is 1. The summed E-state index contributed by atoms with van der Waals surface area (Å²) in [5, 5.41) is 13.7. The molecule has 0 atom stereocenters. The molecule has 1 heterocycles. The van der Waals surface area contributed by atoms with Gasteiger partial charge >= 0.3 is 0 Å². The first-order valence-corrected chi connectivity index (χ1v) is 11.4. The third kappa shape index (κ3) is 5.66. The lowest BCUT2D eigenvalue weighted by atomic mass is 10.1. The highest BCUT2D eigenvalue weighted by molar-refractivity contribution is 7.89. The largest absolute Gasteiger partial charge is 0.326 e. The van der Waals surface area contributed by atoms with Crippen LogP contribution in [0.4, 0.5) is 11.4 Å². The second-order valence-corrected chi connectivity index (χ2v) is 9.55. The number of amides is 1. The van der Waals surface area contributed by atoms with Gasteiger partial charge in [0.05, 0.1) is 15.5 Å². The van der Waals surface area contributed by atoms with Crippen LogP contribution in [-0.2, 0) is 14.8 Å². The van der Waals surface area contributed by atoms with E-state index >= 15 is 0 Å². The van der Waals surface area contributed by atoms with Crippen LogP contribution >= 0.6 is 0 Å². The Morgan fingerprint density at radius 2 is 1.71 bits per heavy atom. The average Bonchev–Trinajstić information content (AvgIpc) is 2.74. The Bertz CT molecular complexity index is 1060. The molecular weight excluding hydrogens is 420 g/mol. The van der Waals surface area contributed by atoms with Crippen molar-refractivity contribution in [1.82, 2.24) is 9.21 Å². The van der Waals surface area contributed by atoms with Crippen molar-refractivity contribution in [1.29, 1.82) is 0 Å². The summed E-state index contributed by atoms with van der Waals surface area (Å²) in [6, 6.07) is 11.2. The van der Waals surface area contributed by atoms with Gasteiger partial charge in [0.25, 0.3) is 5.69 Å². The summed E-state index contributed by atoms with van der Waals surface area (Å²) in [6.07, 6.45) is 0.215. The van der Waals surface area contributed by atoms with Crippen molar-refractivity contribution < 1.29 is 18.1 Å². The van der Waals surface area contributed by atoms with Crippen LogP contribution in [0.2, 0.25) is 0 Å². The molecule has 0 aromatic heterocycles. The molecule has 1 N–H and O–H groups in total. The standard InChI is InChI=1S/C21H26N4O5S/c1-16-3-7-19(8-4-16)31(29,30)24-13-11-23(12-14-24)10-9-21(26)22-20-15-18(25(27)28)6-5-17(20)2/h3-8,15H,9-14H2,1-2H3,(H,22,26). The molecular formula is C21H26N4O5S. The Balaban J connectivity index is 1.50. The van der Waals surface area contributed by atoms with Gasteiger partial charge in [-0.05, 0) is 31.5 Å². The predicted octanol–water partition coefficient (Wildman–Crippen LogP) is 2.55. The highest BCUT2D eigenvalue weighted by Gasteiger charge is 2.28. The van der Waals surface area contributed by atoms with Crippen LogP contribution in [0, 0.1) is 24.0 Å². The predicted molar refractivity (Wildman–Crippen MR) is 117 cm³/mol. The summed E-state index contributed by atoms with van der Waals surface area (Å²) >= 11 is 0. The molecule has 0 aliphatic carbocycles. The number of carbonyl (C=O) groups excluding carboxylic acids is 1. The number of carbonyl (C=O) groups is 1. The Kier molecular flexibility index (Phi) is 7.04. The molecule has 0 spiro atoms. The Morgan fingerprint density at radius 1 is 1.06 bits per heavy atom. The summed E-state index contributed by atoms with van der Waals surface area (Å²) < 4.78 is 27.0. The molecule has 2 aromatic rings. The van der Waals surface area contributed by atoms with Gasteiger partial charge in [0.2, 0.25) is 15.9 Å². The molecule has 3 rings (SSSR count). The molecule has 1 aliphatic heterocycles. The molecule has 1 amide bonds. The maximum atomic E-state index is 12.8. The molecule has 9 nitrogen and oxygen atoms in total. The van der Waals surface area contributed by atoms with Crippen molar-refractivity contribution in [3.8, 4) is 0 Å². The summed E-state index contributed by atoms with van der Waals surface area (Å²) in [5.41, 5.74) is 2.09. The van der Waals surface area contributed by atoms with E-state index in [0.29, 0.717) is 43.3 Å². The maximum Gasteiger partial charge on any atom is 0.271 e. The van der Waals surface area contributed by atoms with Gasteiger partial charge in [-0.2, -0.15) is 4.31 Å². The maximum absolute atomic E-state index is 12.8. The molecule has 10 heteroatoms. The topological polar surface area (TPSA) is 113 Å². The van der Waals surface area contributed by atoms with Gasteiger partial charge in [-0.3, -0.25) is 14.9 Å². The van der Waals surface area contributed by atoms with Gasteiger partial charge in [0.1, 0.15) is 0 Å². The van der Waals surface area contributed by atoms with E-state index in [1.807, 2.05) is 11.8 Å². The molecule has 0 saturated carbocycles. The SMILES string of the molecule is Cc1ccc(S(=O)(=O)N2CCN(CCC(=O)Nc3cc([N+](=O)[O-])ccc3C)CC2)cc1. The molecule has 166 valence electrons. The number of piperazine rings is 1. The number of nitrogens with one attached hydrogen (secondary N) is 1. The fraction of sp³-hybridized carbons (Fsp3) is 0.381. The Labute approximate surface area is 181 Å². The van der Waals surface area contributed by atoms with E-state index in [1.54, 1.807) is 37.3 Å². The number of benzene rings is 2. The summed E-state index contributed by atoms with van der Waals surface area (Å²) in [6.45, 7) is 5.96. The lowest BCUT2D eigenvalue weighted by Gasteiger charge is -2.33. The van der Waals surface area contributed by atoms with E-state index in [2.05, 4.69) is 5.32 Å². The van der Waals surface area contributed by atoms with Crippen molar-refractivity contribution in [3.05, 3.63) is 63.7 Å². The van der Waals surface area contributed by atoms with Crippen molar-refractivity contribution in [2.45, 2.75) is 25.2 Å². The zero-order chi connectivity index (χ0) is 22.6. The number of nitro benzene ring substituents is 1. The second-order valence-electron chi connectivity index (χ2n) is 7.61. The first kappa shape index (κ1) is 22.9. The number of non-ortho nitro benzene ring substituents is 1. The number of nitrogens with zero attached hydrogens (tertiary/aromatic N) is 3. The lowest BCUT2D eigenvalue weighted by molar-refractivity contribution is -0.384. The van der Waals surface area contributed by atoms with Crippen molar-refractivity contribution >= 4 is 27.3 Å². The van der Waals surface area contributed by atoms with Gasteiger partial charge in [-0.15, -0.1) is 0 Å². The monoisotopic (exact) mass is 446 g/mol. The number of sulfonamides is 1. The van der Waals surface area contributed by atoms with E-state index in [1.165, 1.54) is 16.4 Å². The molecule has 0 unspecified atom stereocenters. The second kappa shape index (κ2) is 9.54. The number of hydrogen-bond acceptors (Lipinski definition) is 6. The molecule has 1 fully saturated rings. The van der Waals surface area contributed by atoms with E-state index < -0.39 is 14.9 Å². The van der Waals surface area contributed by atoms with Crippen LogP contribution in [0.3, 0.4) is 0 Å². The van der Waals surface area contributed by atoms with E-state index in [-0.39, 0.29) is 18.0 Å². The van der Waals surface area contributed by atoms with Gasteiger partial charge < -0.3 is 10.2 Å². The van der Waals surface area contributed by atoms with Gasteiger partial charge in [-0.1, -0.05) is 23.8 Å². The first-order valence-electron chi connectivity index (χ1n) is 10.0. The molecule has 1 saturated heterocycles. The van der Waals surface area contributed by atoms with Crippen LogP contribution < -0.4 is 5.32 Å². The first-order chi connectivity index (χ1) is 14.7. The molecule has 1 aliphatic rings. The zero-order valence-electron chi connectivity index (χ0n) is 17.6. The van der Waals surface area contributed by atoms with Gasteiger partial charge in [0, 0.05) is 51.3 Å². The number of nitro groups is 1. The minimum absolute atomic E-state index is 0.0770. The molecule has 2 aromatic carbocycles. The van der Waals surface area contributed by atoms with Crippen LogP contribution in [0.5, 0.6) is 0 Å². The highest BCUT2D eigenvalue weighted by atomic mass is 32.2. The highest BCUT2D eigenvalue weighted by Crippen LogP contribution is 2.22. The Hall–Kier alpha value is -2.82. The fourth-order valence-corrected chi connectivity index (χ4v) is 4.81. The normalized spacial score (nSPS) is 15.5. The van der Waals surface area contributed by atoms with Crippen LogP contribution in [0.1, 0.15) is 17.5 Å². The minimum Gasteiger partial charge on any atom is -0.326 e. The van der Waals surface area contributed by atoms with Crippen molar-refractivity contribution in [2.24, 2.45) is 0 Å². The van der Waals surface area contributed by atoms with Crippen LogP contribution in [0.15, 0.2) is 47.4 Å². The molecule has 0 bridgehead atoms. The van der Waals surface area contributed by atoms with Gasteiger partial charge in [0.15, 0.2) is 0 Å². The lowest BCUT2D eigenvalue weighted by Crippen LogP contribution is -2.49. The van der Waals surface area contributed by atoms with E-state index in [4.69, 9.17) is 0 Å². The summed E-state index contributed by atoms with van der Waals surface area (Å²) in [4.78, 5) is 25.1. The summed E-state index contributed by atoms with van der Waals surface area (Å²) in [5.74, 6) is -0.238. The van der Waals surface area contributed by atoms with Crippen LogP contribution in [-0.4, -0.2) is 61.2 Å². The fourth-order valence-electron chi connectivity index (χ4n) is 3.38. The smallest absolute Gasteiger partial charge is 0.271 e. The zero-order valence-corrected chi connectivity index (χ0v) is 18.4. The molecule has 31 heavy (non-hydrogen) atoms. The molecule has 0 radical (unpaired) electrons. The van der Waals surface area contributed by atoms with Gasteiger partial charge in [-0.25, -0.2) is 8.42 Å². The Morgan fingerprint density at radius 3 is 2.32 bits per heavy atom. The van der Waals surface area contributed by atoms with Crippen molar-refractivity contribution in [3.63, 3.8) is 0 Å². The van der Waals surface area contributed by atoms with E-state index in [9.17, 15) is 23.3 Å². The van der Waals surface area contributed by atoms with Crippen molar-refractivity contribution in [2.75, 3.05) is 38.0 Å². The third-order valence-electron chi connectivity index (χ3n) is 5.35. The minimum atomic E-state index is -3.52. The third-order valence-corrected chi connectivity index (χ3v) is 7.26. The quantitative estimate of drug-likeness (QED) is 0.517. The number of aryl methyl sites for hydroxylation is 2. The summed E-state index contributed by atoms with van der Waals surface area (Å²) in [7, 11) is -3.52. The van der Waals surface area contributed by atoms with E-state index in [0.717, 1.165) is 11.1 Å². The number of hydrogen-bond donors (Lipinski definition) is 1. The number of rotatable bonds is 7.